The van der Waals surface area contributed by atoms with E-state index in [1.807, 2.05) is 0 Å². The zero-order chi connectivity index (χ0) is 9.84. The molecule has 0 aromatic carbocycles. The summed E-state index contributed by atoms with van der Waals surface area (Å²) in [5.74, 6) is -0.758. The van der Waals surface area contributed by atoms with Crippen molar-refractivity contribution in [3.8, 4) is 0 Å². The van der Waals surface area contributed by atoms with Crippen LogP contribution in [0.15, 0.2) is 12.1 Å². The van der Waals surface area contributed by atoms with Crippen LogP contribution in [0.25, 0.3) is 0 Å². The second kappa shape index (κ2) is 3.75. The van der Waals surface area contributed by atoms with Crippen molar-refractivity contribution in [2.75, 3.05) is 7.11 Å². The molecule has 5 heteroatoms. The molecule has 0 unspecified atom stereocenters. The van der Waals surface area contributed by atoms with E-state index in [9.17, 15) is 9.59 Å². The Hall–Kier alpha value is -1.78. The molecule has 0 bridgehead atoms. The van der Waals surface area contributed by atoms with Crippen molar-refractivity contribution in [2.45, 2.75) is 6.92 Å². The molecule has 0 saturated carbocycles. The van der Waals surface area contributed by atoms with Gasteiger partial charge in [0.25, 0.3) is 0 Å². The fourth-order valence-electron chi connectivity index (χ4n) is 0.733. The van der Waals surface area contributed by atoms with E-state index in [4.69, 9.17) is 0 Å². The first-order chi connectivity index (χ1) is 6.15. The number of carbonyl (C=O) groups excluding carboxylic acids is 2. The normalized spacial score (nSPS) is 9.38. The third kappa shape index (κ3) is 2.08. The van der Waals surface area contributed by atoms with Gasteiger partial charge in [-0.3, -0.25) is 4.79 Å². The average molecular weight is 180 g/mol. The maximum atomic E-state index is 10.9. The zero-order valence-corrected chi connectivity index (χ0v) is 7.27. The highest BCUT2D eigenvalue weighted by Crippen LogP contribution is 1.98. The van der Waals surface area contributed by atoms with E-state index < -0.39 is 5.97 Å². The smallest absolute Gasteiger partial charge is 0.358 e. The molecule has 0 N–H and O–H groups in total. The summed E-state index contributed by atoms with van der Waals surface area (Å²) in [5.41, 5.74) is 0.320. The number of methoxy groups -OCH3 is 1. The van der Waals surface area contributed by atoms with E-state index in [1.54, 1.807) is 0 Å². The lowest BCUT2D eigenvalue weighted by atomic mass is 10.3. The first-order valence-corrected chi connectivity index (χ1v) is 3.58. The number of nitrogens with zero attached hydrogens (tertiary/aromatic N) is 2. The molecule has 1 aromatic rings. The molecule has 68 valence electrons. The summed E-state index contributed by atoms with van der Waals surface area (Å²) in [6.07, 6.45) is 0. The first-order valence-electron chi connectivity index (χ1n) is 3.58. The minimum absolute atomic E-state index is 0.0903. The molecule has 1 heterocycles. The Morgan fingerprint density at radius 3 is 2.15 bits per heavy atom. The van der Waals surface area contributed by atoms with Crippen molar-refractivity contribution in [1.29, 1.82) is 0 Å². The van der Waals surface area contributed by atoms with Crippen molar-refractivity contribution < 1.29 is 14.3 Å². The van der Waals surface area contributed by atoms with Crippen LogP contribution in [0.4, 0.5) is 0 Å². The number of esters is 1. The van der Waals surface area contributed by atoms with Crippen LogP contribution in [0.3, 0.4) is 0 Å². The minimum Gasteiger partial charge on any atom is -0.464 e. The van der Waals surface area contributed by atoms with E-state index in [0.717, 1.165) is 0 Å². The van der Waals surface area contributed by atoms with Crippen molar-refractivity contribution in [3.05, 3.63) is 23.5 Å². The van der Waals surface area contributed by atoms with Crippen LogP contribution in [-0.2, 0) is 4.74 Å². The van der Waals surface area contributed by atoms with Crippen molar-refractivity contribution >= 4 is 11.8 Å². The average Bonchev–Trinajstić information content (AvgIpc) is 2.17. The lowest BCUT2D eigenvalue weighted by Crippen LogP contribution is -2.07. The highest BCUT2D eigenvalue weighted by Gasteiger charge is 2.08. The van der Waals surface area contributed by atoms with Crippen molar-refractivity contribution in [3.63, 3.8) is 0 Å². The van der Waals surface area contributed by atoms with Gasteiger partial charge in [0.15, 0.2) is 11.5 Å². The zero-order valence-electron chi connectivity index (χ0n) is 7.27. The van der Waals surface area contributed by atoms with Gasteiger partial charge in [0, 0.05) is 6.92 Å². The number of hydrogen-bond acceptors (Lipinski definition) is 5. The minimum atomic E-state index is -0.567. The van der Waals surface area contributed by atoms with Crippen LogP contribution >= 0.6 is 0 Å². The second-order valence-electron chi connectivity index (χ2n) is 2.35. The largest absolute Gasteiger partial charge is 0.464 e. The number of carbonyl (C=O) groups is 2. The Labute approximate surface area is 74.7 Å². The van der Waals surface area contributed by atoms with Crippen LogP contribution in [0.5, 0.6) is 0 Å². The van der Waals surface area contributed by atoms with E-state index in [0.29, 0.717) is 0 Å². The predicted octanol–water partition coefficient (Wildman–Crippen LogP) is 0.466. The van der Waals surface area contributed by atoms with E-state index >= 15 is 0 Å². The number of hydrogen-bond donors (Lipinski definition) is 0. The molecule has 1 aromatic heterocycles. The van der Waals surface area contributed by atoms with E-state index in [2.05, 4.69) is 14.9 Å². The molecule has 0 aliphatic rings. The van der Waals surface area contributed by atoms with E-state index in [1.165, 1.54) is 26.2 Å². The van der Waals surface area contributed by atoms with Crippen LogP contribution in [0, 0.1) is 0 Å². The molecular weight excluding hydrogens is 172 g/mol. The Kier molecular flexibility index (Phi) is 2.69. The summed E-state index contributed by atoms with van der Waals surface area (Å²) in [6.45, 7) is 1.38. The Morgan fingerprint density at radius 2 is 1.77 bits per heavy atom. The number of ketones is 1. The summed E-state index contributed by atoms with van der Waals surface area (Å²) in [7, 11) is 1.25. The molecule has 0 spiro atoms. The van der Waals surface area contributed by atoms with Gasteiger partial charge in [0.05, 0.1) is 7.11 Å². The maximum absolute atomic E-state index is 10.9. The number of aromatic nitrogens is 2. The highest BCUT2D eigenvalue weighted by molar-refractivity contribution is 5.93. The van der Waals surface area contributed by atoms with Crippen LogP contribution in [-0.4, -0.2) is 29.1 Å². The Morgan fingerprint density at radius 1 is 1.23 bits per heavy atom. The quantitative estimate of drug-likeness (QED) is 0.488. The van der Waals surface area contributed by atoms with Crippen LogP contribution in [0.1, 0.15) is 27.9 Å². The van der Waals surface area contributed by atoms with Crippen LogP contribution < -0.4 is 0 Å². The molecule has 0 aliphatic heterocycles. The van der Waals surface area contributed by atoms with Gasteiger partial charge in [-0.2, -0.15) is 0 Å². The molecule has 5 nitrogen and oxygen atoms in total. The fourth-order valence-corrected chi connectivity index (χ4v) is 0.733. The molecule has 13 heavy (non-hydrogen) atoms. The standard InChI is InChI=1S/C8H8N2O3/c1-5(11)6-3-4-7(10-9-6)8(12)13-2/h3-4H,1-2H3. The molecule has 0 saturated heterocycles. The molecule has 0 fully saturated rings. The molecule has 0 amide bonds. The third-order valence-electron chi connectivity index (χ3n) is 1.42. The SMILES string of the molecule is COC(=O)c1ccc(C(C)=O)nn1. The van der Waals surface area contributed by atoms with Gasteiger partial charge in [-0.1, -0.05) is 0 Å². The maximum Gasteiger partial charge on any atom is 0.358 e. The van der Waals surface area contributed by atoms with Gasteiger partial charge in [-0.25, -0.2) is 4.79 Å². The van der Waals surface area contributed by atoms with Gasteiger partial charge < -0.3 is 4.74 Å². The summed E-state index contributed by atoms with van der Waals surface area (Å²) < 4.78 is 4.41. The fraction of sp³-hybridized carbons (Fsp3) is 0.250. The topological polar surface area (TPSA) is 69.2 Å². The van der Waals surface area contributed by atoms with Gasteiger partial charge in [-0.05, 0) is 12.1 Å². The third-order valence-corrected chi connectivity index (χ3v) is 1.42. The highest BCUT2D eigenvalue weighted by atomic mass is 16.5. The summed E-state index contributed by atoms with van der Waals surface area (Å²) >= 11 is 0. The Bertz CT molecular complexity index is 332. The molecule has 1 rings (SSSR count). The van der Waals surface area contributed by atoms with Crippen molar-refractivity contribution in [1.82, 2.24) is 10.2 Å². The Balaban J connectivity index is 2.93. The van der Waals surface area contributed by atoms with Gasteiger partial charge >= 0.3 is 5.97 Å². The number of ether oxygens (including phenoxy) is 1. The second-order valence-corrected chi connectivity index (χ2v) is 2.35. The first kappa shape index (κ1) is 9.31. The molecule has 0 aliphatic carbocycles. The van der Waals surface area contributed by atoms with Gasteiger partial charge in [-0.15, -0.1) is 10.2 Å². The summed E-state index contributed by atoms with van der Waals surface area (Å²) in [6, 6.07) is 2.83. The number of rotatable bonds is 2. The van der Waals surface area contributed by atoms with Gasteiger partial charge in [0.1, 0.15) is 5.69 Å². The van der Waals surface area contributed by atoms with Crippen molar-refractivity contribution in [2.24, 2.45) is 0 Å². The molecule has 0 radical (unpaired) electrons. The lowest BCUT2D eigenvalue weighted by molar-refractivity contribution is 0.0592. The molecule has 0 atom stereocenters. The van der Waals surface area contributed by atoms with Crippen LogP contribution in [0.2, 0.25) is 0 Å². The predicted molar refractivity (Wildman–Crippen MR) is 43.4 cm³/mol. The summed E-state index contributed by atoms with van der Waals surface area (Å²) in [5, 5.41) is 7.07. The monoisotopic (exact) mass is 180 g/mol. The lowest BCUT2D eigenvalue weighted by Gasteiger charge is -1.97. The summed E-state index contributed by atoms with van der Waals surface area (Å²) in [4.78, 5) is 21.7. The van der Waals surface area contributed by atoms with E-state index in [-0.39, 0.29) is 17.2 Å². The molecular formula is C8H8N2O3. The van der Waals surface area contributed by atoms with Gasteiger partial charge in [0.2, 0.25) is 0 Å². The number of Topliss-reactive ketones (excluding diaryl/α,β-unsaturated/α-hetero) is 1.